The van der Waals surface area contributed by atoms with Crippen molar-refractivity contribution in [1.82, 2.24) is 4.90 Å². The molecule has 2 unspecified atom stereocenters. The molecule has 0 saturated carbocycles. The van der Waals surface area contributed by atoms with Gasteiger partial charge in [-0.05, 0) is 35.9 Å². The van der Waals surface area contributed by atoms with Crippen LogP contribution in [0.2, 0.25) is 0 Å². The first-order valence-corrected chi connectivity index (χ1v) is 10.9. The first-order valence-electron chi connectivity index (χ1n) is 10.9. The van der Waals surface area contributed by atoms with E-state index in [1.54, 1.807) is 4.90 Å². The highest BCUT2D eigenvalue weighted by molar-refractivity contribution is 5.92. The lowest BCUT2D eigenvalue weighted by Gasteiger charge is -2.38. The van der Waals surface area contributed by atoms with Gasteiger partial charge in [0.25, 0.3) is 0 Å². The number of alkyl halides is 1. The molecule has 0 spiro atoms. The van der Waals surface area contributed by atoms with Gasteiger partial charge in [0, 0.05) is 44.5 Å². The normalized spacial score (nSPS) is 22.3. The minimum atomic E-state index is -1.85. The number of ether oxygens (including phenoxy) is 1. The maximum atomic E-state index is 14.4. The van der Waals surface area contributed by atoms with E-state index in [9.17, 15) is 14.0 Å². The third kappa shape index (κ3) is 5.05. The Morgan fingerprint density at radius 1 is 1.06 bits per heavy atom. The lowest BCUT2D eigenvalue weighted by atomic mass is 9.80. The third-order valence-corrected chi connectivity index (χ3v) is 6.11. The van der Waals surface area contributed by atoms with E-state index in [4.69, 9.17) is 10.5 Å². The first-order chi connectivity index (χ1) is 16.0. The molecule has 2 atom stereocenters. The quantitative estimate of drug-likeness (QED) is 0.657. The summed E-state index contributed by atoms with van der Waals surface area (Å²) in [5.41, 5.74) is 5.86. The molecular formula is C25H27FN4O3. The van der Waals surface area contributed by atoms with Crippen LogP contribution >= 0.6 is 0 Å². The molecule has 0 aromatic heterocycles. The average Bonchev–Trinajstić information content (AvgIpc) is 2.85. The maximum absolute atomic E-state index is 14.4. The lowest BCUT2D eigenvalue weighted by molar-refractivity contribution is -0.140. The van der Waals surface area contributed by atoms with Crippen molar-refractivity contribution in [2.24, 2.45) is 16.1 Å². The highest BCUT2D eigenvalue weighted by Gasteiger charge is 2.46. The summed E-state index contributed by atoms with van der Waals surface area (Å²) in [5, 5.41) is 0. The number of anilines is 1. The van der Waals surface area contributed by atoms with E-state index >= 15 is 0 Å². The second-order valence-corrected chi connectivity index (χ2v) is 8.21. The van der Waals surface area contributed by atoms with Gasteiger partial charge in [-0.25, -0.2) is 4.39 Å². The molecule has 4 rings (SSSR count). The van der Waals surface area contributed by atoms with Gasteiger partial charge in [0.2, 0.25) is 18.1 Å². The van der Waals surface area contributed by atoms with Crippen LogP contribution in [0, 0.1) is 5.41 Å². The molecule has 2 N–H and O–H groups in total. The third-order valence-electron chi connectivity index (χ3n) is 6.11. The van der Waals surface area contributed by atoms with Crippen LogP contribution in [0.1, 0.15) is 12.0 Å². The fraction of sp³-hybridized carbons (Fsp3) is 0.320. The van der Waals surface area contributed by atoms with E-state index < -0.39 is 17.6 Å². The smallest absolute Gasteiger partial charge is 0.233 e. The molecule has 1 saturated heterocycles. The standard InChI is InChI=1S/C25H27FN4O3/c26-23-25(24(27)32,11-4-12-28-23)17-22(31)30-15-13-29(14-16-30)20-7-9-21(10-8-20)33-18-19-5-2-1-3-6-19/h1-12,23H,13-18H2,(H2,27,32). The van der Waals surface area contributed by atoms with Crippen LogP contribution in [-0.2, 0) is 16.2 Å². The first kappa shape index (κ1) is 22.5. The van der Waals surface area contributed by atoms with Crippen LogP contribution in [0.15, 0.2) is 71.7 Å². The molecule has 172 valence electrons. The topological polar surface area (TPSA) is 88.2 Å². The minimum Gasteiger partial charge on any atom is -0.489 e. The Bertz CT molecular complexity index is 1030. The molecule has 2 aliphatic rings. The van der Waals surface area contributed by atoms with E-state index in [1.165, 1.54) is 18.4 Å². The van der Waals surface area contributed by atoms with Gasteiger partial charge in [-0.1, -0.05) is 36.4 Å². The number of allylic oxidation sites excluding steroid dienone is 1. The fourth-order valence-corrected chi connectivity index (χ4v) is 4.05. The van der Waals surface area contributed by atoms with Gasteiger partial charge in [-0.3, -0.25) is 14.6 Å². The van der Waals surface area contributed by atoms with E-state index in [-0.39, 0.29) is 12.3 Å². The number of piperazine rings is 1. The fourth-order valence-electron chi connectivity index (χ4n) is 4.05. The van der Waals surface area contributed by atoms with Crippen molar-refractivity contribution < 1.29 is 18.7 Å². The number of halogens is 1. The van der Waals surface area contributed by atoms with Crippen molar-refractivity contribution in [2.45, 2.75) is 19.3 Å². The molecule has 2 amide bonds. The van der Waals surface area contributed by atoms with Gasteiger partial charge in [-0.15, -0.1) is 0 Å². The molecular weight excluding hydrogens is 423 g/mol. The highest BCUT2D eigenvalue weighted by atomic mass is 19.1. The van der Waals surface area contributed by atoms with Crippen LogP contribution in [-0.4, -0.2) is 55.4 Å². The Morgan fingerprint density at radius 3 is 2.39 bits per heavy atom. The summed E-state index contributed by atoms with van der Waals surface area (Å²) in [4.78, 5) is 32.2. The number of nitrogens with zero attached hydrogens (tertiary/aromatic N) is 3. The van der Waals surface area contributed by atoms with Crippen molar-refractivity contribution in [3.63, 3.8) is 0 Å². The number of aliphatic imine (C=N–C) groups is 1. The Morgan fingerprint density at radius 2 is 1.76 bits per heavy atom. The van der Waals surface area contributed by atoms with Gasteiger partial charge in [-0.2, -0.15) is 0 Å². The van der Waals surface area contributed by atoms with Gasteiger partial charge in [0.15, 0.2) is 0 Å². The number of hydrogen-bond acceptors (Lipinski definition) is 5. The number of carbonyl (C=O) groups excluding carboxylic acids is 2. The number of hydrogen-bond donors (Lipinski definition) is 1. The molecule has 1 fully saturated rings. The predicted octanol–water partition coefficient (Wildman–Crippen LogP) is 2.71. The molecule has 8 heteroatoms. The summed E-state index contributed by atoms with van der Waals surface area (Å²) in [6.07, 6.45) is 1.90. The Balaban J connectivity index is 1.30. The van der Waals surface area contributed by atoms with Crippen LogP contribution < -0.4 is 15.4 Å². The van der Waals surface area contributed by atoms with Crippen molar-refractivity contribution in [2.75, 3.05) is 31.1 Å². The van der Waals surface area contributed by atoms with Crippen LogP contribution in [0.3, 0.4) is 0 Å². The molecule has 0 bridgehead atoms. The summed E-state index contributed by atoms with van der Waals surface area (Å²) < 4.78 is 20.2. The molecule has 2 heterocycles. The summed E-state index contributed by atoms with van der Waals surface area (Å²) in [6.45, 7) is 2.72. The zero-order valence-electron chi connectivity index (χ0n) is 18.3. The lowest BCUT2D eigenvalue weighted by Crippen LogP contribution is -2.52. The monoisotopic (exact) mass is 450 g/mol. The zero-order chi connectivity index (χ0) is 23.3. The molecule has 33 heavy (non-hydrogen) atoms. The second-order valence-electron chi connectivity index (χ2n) is 8.21. The van der Waals surface area contributed by atoms with Gasteiger partial charge in [0.1, 0.15) is 17.8 Å². The van der Waals surface area contributed by atoms with Crippen molar-refractivity contribution in [1.29, 1.82) is 0 Å². The molecule has 2 aromatic rings. The number of carbonyl (C=O) groups is 2. The van der Waals surface area contributed by atoms with Gasteiger partial charge in [0.05, 0.1) is 0 Å². The van der Waals surface area contributed by atoms with E-state index in [0.29, 0.717) is 32.8 Å². The Hall–Kier alpha value is -3.68. The molecule has 2 aliphatic heterocycles. The zero-order valence-corrected chi connectivity index (χ0v) is 18.3. The van der Waals surface area contributed by atoms with Crippen LogP contribution in [0.4, 0.5) is 10.1 Å². The Kier molecular flexibility index (Phi) is 6.72. The van der Waals surface area contributed by atoms with Crippen molar-refractivity contribution >= 4 is 23.7 Å². The number of primary amides is 1. The number of benzene rings is 2. The SMILES string of the molecule is NC(=O)C1(CC(=O)N2CCN(c3ccc(OCc4ccccc4)cc3)CC2)C=CC=NC1F. The maximum Gasteiger partial charge on any atom is 0.233 e. The van der Waals surface area contributed by atoms with Gasteiger partial charge >= 0.3 is 0 Å². The highest BCUT2D eigenvalue weighted by Crippen LogP contribution is 2.34. The largest absolute Gasteiger partial charge is 0.489 e. The van der Waals surface area contributed by atoms with E-state index in [1.807, 2.05) is 54.6 Å². The summed E-state index contributed by atoms with van der Waals surface area (Å²) in [5.74, 6) is -0.399. The molecule has 2 aromatic carbocycles. The number of dihydropyridines is 1. The number of amides is 2. The van der Waals surface area contributed by atoms with Crippen LogP contribution in [0.5, 0.6) is 5.75 Å². The number of nitrogens with two attached hydrogens (primary N) is 1. The second kappa shape index (κ2) is 9.85. The van der Waals surface area contributed by atoms with Crippen LogP contribution in [0.25, 0.3) is 0 Å². The van der Waals surface area contributed by atoms with Crippen molar-refractivity contribution in [3.8, 4) is 5.75 Å². The van der Waals surface area contributed by atoms with E-state index in [2.05, 4.69) is 9.89 Å². The average molecular weight is 451 g/mol. The number of rotatable bonds is 7. The minimum absolute atomic E-state index is 0.303. The molecule has 0 aliphatic carbocycles. The molecule has 0 radical (unpaired) electrons. The summed E-state index contributed by atoms with van der Waals surface area (Å²) >= 11 is 0. The van der Waals surface area contributed by atoms with Gasteiger partial charge < -0.3 is 20.3 Å². The summed E-state index contributed by atoms with van der Waals surface area (Å²) in [7, 11) is 0. The Labute approximate surface area is 192 Å². The summed E-state index contributed by atoms with van der Waals surface area (Å²) in [6, 6.07) is 17.8. The molecule has 7 nitrogen and oxygen atoms in total. The predicted molar refractivity (Wildman–Crippen MR) is 125 cm³/mol. The van der Waals surface area contributed by atoms with E-state index in [0.717, 1.165) is 17.0 Å². The van der Waals surface area contributed by atoms with Crippen molar-refractivity contribution in [3.05, 3.63) is 72.3 Å².